The van der Waals surface area contributed by atoms with Gasteiger partial charge in [0.15, 0.2) is 0 Å². The molecule has 54 valence electrons. The molecule has 0 bridgehead atoms. The van der Waals surface area contributed by atoms with Crippen molar-refractivity contribution in [1.82, 2.24) is 0 Å². The Morgan fingerprint density at radius 1 is 1.60 bits per heavy atom. The van der Waals surface area contributed by atoms with Crippen molar-refractivity contribution in [2.24, 2.45) is 0 Å². The summed E-state index contributed by atoms with van der Waals surface area (Å²) in [6.07, 6.45) is 3.24. The molecule has 2 nitrogen and oxygen atoms in total. The van der Waals surface area contributed by atoms with Crippen molar-refractivity contribution in [3.8, 4) is 0 Å². The first kappa shape index (κ1) is 6.99. The molecule has 0 radical (unpaired) electrons. The second-order valence-electron chi connectivity index (χ2n) is 2.10. The van der Waals surface area contributed by atoms with Gasteiger partial charge in [0, 0.05) is 12.0 Å². The number of allylic oxidation sites excluding steroid dienone is 3. The molecular weight excluding hydrogens is 135 g/mol. The smallest absolute Gasteiger partial charge is 0.331 e. The number of carboxylic acid groups (broad SMARTS) is 1. The van der Waals surface area contributed by atoms with Crippen LogP contribution in [0.3, 0.4) is 0 Å². The molecule has 0 fully saturated rings. The molecule has 0 aromatic rings. The largest absolute Gasteiger partial charge is 0.478 e. The molecule has 0 aromatic carbocycles. The van der Waals surface area contributed by atoms with Crippen LogP contribution in [0.5, 0.6) is 0 Å². The van der Waals surface area contributed by atoms with Crippen molar-refractivity contribution in [2.75, 3.05) is 0 Å². The third-order valence-corrected chi connectivity index (χ3v) is 1.34. The zero-order valence-electron chi connectivity index (χ0n) is 5.30. The van der Waals surface area contributed by atoms with Gasteiger partial charge in [-0.25, -0.2) is 9.18 Å². The monoisotopic (exact) mass is 142 g/mol. The van der Waals surface area contributed by atoms with Crippen LogP contribution in [0, 0.1) is 0 Å². The minimum Gasteiger partial charge on any atom is -0.478 e. The first-order valence-corrected chi connectivity index (χ1v) is 2.97. The van der Waals surface area contributed by atoms with Gasteiger partial charge in [-0.3, -0.25) is 0 Å². The van der Waals surface area contributed by atoms with Crippen molar-refractivity contribution in [3.63, 3.8) is 0 Å². The van der Waals surface area contributed by atoms with Crippen LogP contribution < -0.4 is 0 Å². The summed E-state index contributed by atoms with van der Waals surface area (Å²) >= 11 is 0. The Morgan fingerprint density at radius 2 is 2.30 bits per heavy atom. The van der Waals surface area contributed by atoms with Gasteiger partial charge in [0.2, 0.25) is 0 Å². The highest BCUT2D eigenvalue weighted by atomic mass is 19.1. The maximum atomic E-state index is 12.4. The molecule has 1 rings (SSSR count). The highest BCUT2D eigenvalue weighted by molar-refractivity contribution is 5.87. The van der Waals surface area contributed by atoms with Gasteiger partial charge in [0.25, 0.3) is 0 Å². The van der Waals surface area contributed by atoms with Crippen molar-refractivity contribution in [1.29, 1.82) is 0 Å². The van der Waals surface area contributed by atoms with Crippen molar-refractivity contribution >= 4 is 5.97 Å². The standard InChI is InChI=1S/C7H7FO2/c8-6-3-1-2-5(4-6)7(9)10/h2-3H,1,4H2,(H,9,10). The third-order valence-electron chi connectivity index (χ3n) is 1.34. The van der Waals surface area contributed by atoms with Crippen molar-refractivity contribution < 1.29 is 14.3 Å². The van der Waals surface area contributed by atoms with E-state index in [1.807, 2.05) is 0 Å². The molecule has 1 aliphatic carbocycles. The van der Waals surface area contributed by atoms with Crippen molar-refractivity contribution in [3.05, 3.63) is 23.6 Å². The van der Waals surface area contributed by atoms with Crippen LogP contribution in [-0.2, 0) is 4.79 Å². The molecule has 0 saturated carbocycles. The van der Waals surface area contributed by atoms with Gasteiger partial charge in [-0.1, -0.05) is 6.08 Å². The summed E-state index contributed by atoms with van der Waals surface area (Å²) in [5.41, 5.74) is 0.153. The fourth-order valence-electron chi connectivity index (χ4n) is 0.818. The molecule has 1 aliphatic rings. The van der Waals surface area contributed by atoms with E-state index < -0.39 is 5.97 Å². The SMILES string of the molecule is O=C(O)C1=CCC=C(F)C1. The lowest BCUT2D eigenvalue weighted by Gasteiger charge is -2.03. The fraction of sp³-hybridized carbons (Fsp3) is 0.286. The van der Waals surface area contributed by atoms with E-state index in [4.69, 9.17) is 5.11 Å². The second kappa shape index (κ2) is 2.64. The molecule has 0 spiro atoms. The lowest BCUT2D eigenvalue weighted by molar-refractivity contribution is -0.132. The molecule has 0 unspecified atom stereocenters. The van der Waals surface area contributed by atoms with Gasteiger partial charge in [-0.05, 0) is 12.5 Å². The molecule has 0 aliphatic heterocycles. The molecule has 0 heterocycles. The average molecular weight is 142 g/mol. The molecule has 1 N–H and O–H groups in total. The van der Waals surface area contributed by atoms with Crippen LogP contribution in [0.2, 0.25) is 0 Å². The van der Waals surface area contributed by atoms with Crippen molar-refractivity contribution in [2.45, 2.75) is 12.8 Å². The van der Waals surface area contributed by atoms with E-state index in [9.17, 15) is 9.18 Å². The molecule has 0 atom stereocenters. The van der Waals surface area contributed by atoms with Crippen LogP contribution in [0.25, 0.3) is 0 Å². The summed E-state index contributed by atoms with van der Waals surface area (Å²) in [6.45, 7) is 0. The zero-order valence-corrected chi connectivity index (χ0v) is 5.30. The van der Waals surface area contributed by atoms with E-state index in [-0.39, 0.29) is 17.8 Å². The Bertz CT molecular complexity index is 216. The number of rotatable bonds is 1. The summed E-state index contributed by atoms with van der Waals surface area (Å²) in [6, 6.07) is 0. The lowest BCUT2D eigenvalue weighted by atomic mass is 10.1. The summed E-state index contributed by atoms with van der Waals surface area (Å²) in [7, 11) is 0. The van der Waals surface area contributed by atoms with Gasteiger partial charge in [-0.2, -0.15) is 0 Å². The van der Waals surface area contributed by atoms with E-state index in [1.165, 1.54) is 12.2 Å². The van der Waals surface area contributed by atoms with E-state index in [0.29, 0.717) is 6.42 Å². The average Bonchev–Trinajstić information content (AvgIpc) is 1.88. The van der Waals surface area contributed by atoms with Gasteiger partial charge < -0.3 is 5.11 Å². The number of carboxylic acids is 1. The topological polar surface area (TPSA) is 37.3 Å². The van der Waals surface area contributed by atoms with E-state index in [0.717, 1.165) is 0 Å². The Kier molecular flexibility index (Phi) is 1.85. The Hall–Kier alpha value is -1.12. The summed E-state index contributed by atoms with van der Waals surface area (Å²) in [5.74, 6) is -1.37. The Labute approximate surface area is 57.7 Å². The van der Waals surface area contributed by atoms with E-state index >= 15 is 0 Å². The quantitative estimate of drug-likeness (QED) is 0.604. The number of aliphatic carboxylic acids is 1. The maximum absolute atomic E-state index is 12.4. The van der Waals surface area contributed by atoms with E-state index in [1.54, 1.807) is 0 Å². The van der Waals surface area contributed by atoms with E-state index in [2.05, 4.69) is 0 Å². The summed E-state index contributed by atoms with van der Waals surface area (Å²) in [4.78, 5) is 10.2. The number of halogens is 1. The molecule has 3 heteroatoms. The second-order valence-corrected chi connectivity index (χ2v) is 2.10. The third kappa shape index (κ3) is 1.43. The Morgan fingerprint density at radius 3 is 2.70 bits per heavy atom. The molecule has 0 amide bonds. The predicted molar refractivity (Wildman–Crippen MR) is 34.1 cm³/mol. The predicted octanol–water partition coefficient (Wildman–Crippen LogP) is 1.64. The number of hydrogen-bond acceptors (Lipinski definition) is 1. The minimum atomic E-state index is -1.02. The van der Waals surface area contributed by atoms with Gasteiger partial charge in [0.05, 0.1) is 0 Å². The maximum Gasteiger partial charge on any atom is 0.331 e. The summed E-state index contributed by atoms with van der Waals surface area (Å²) < 4.78 is 12.4. The van der Waals surface area contributed by atoms with Crippen LogP contribution in [0.4, 0.5) is 4.39 Å². The van der Waals surface area contributed by atoms with Gasteiger partial charge in [0.1, 0.15) is 5.83 Å². The minimum absolute atomic E-state index is 0.0602. The molecule has 0 aromatic heterocycles. The number of carbonyl (C=O) groups is 1. The highest BCUT2D eigenvalue weighted by Crippen LogP contribution is 2.18. The molecule has 10 heavy (non-hydrogen) atoms. The first-order valence-electron chi connectivity index (χ1n) is 2.97. The number of hydrogen-bond donors (Lipinski definition) is 1. The molecular formula is C7H7FO2. The molecule has 0 saturated heterocycles. The normalized spacial score (nSPS) is 17.7. The van der Waals surface area contributed by atoms with Crippen LogP contribution in [0.1, 0.15) is 12.8 Å². The highest BCUT2D eigenvalue weighted by Gasteiger charge is 2.11. The Balaban J connectivity index is 2.66. The van der Waals surface area contributed by atoms with Crippen LogP contribution in [0.15, 0.2) is 23.6 Å². The summed E-state index contributed by atoms with van der Waals surface area (Å²) in [5, 5.41) is 8.39. The lowest BCUT2D eigenvalue weighted by Crippen LogP contribution is -2.02. The first-order chi connectivity index (χ1) is 4.70. The fourth-order valence-corrected chi connectivity index (χ4v) is 0.818. The van der Waals surface area contributed by atoms with Gasteiger partial charge in [-0.15, -0.1) is 0 Å². The van der Waals surface area contributed by atoms with Crippen LogP contribution in [-0.4, -0.2) is 11.1 Å². The van der Waals surface area contributed by atoms with Gasteiger partial charge >= 0.3 is 5.97 Å². The zero-order chi connectivity index (χ0) is 7.56. The van der Waals surface area contributed by atoms with Crippen LogP contribution >= 0.6 is 0 Å².